The number of hydrogen-bond acceptors (Lipinski definition) is 3. The molecule has 26 heavy (non-hydrogen) atoms. The molecule has 1 aliphatic heterocycles. The van der Waals surface area contributed by atoms with Gasteiger partial charge in [0.2, 0.25) is 0 Å². The Bertz CT molecular complexity index is 965. The summed E-state index contributed by atoms with van der Waals surface area (Å²) in [6, 6.07) is 10.5. The number of rotatable bonds is 2. The largest absolute Gasteiger partial charge is 0.270 e. The van der Waals surface area contributed by atoms with E-state index in [0.717, 1.165) is 16.7 Å². The van der Waals surface area contributed by atoms with Crippen molar-refractivity contribution in [1.82, 2.24) is 9.84 Å². The van der Waals surface area contributed by atoms with E-state index in [2.05, 4.69) is 37.7 Å². The number of sulfonamides is 1. The average molecular weight is 372 g/mol. The minimum Gasteiger partial charge on any atom is -0.268 e. The molecule has 2 aromatic carbocycles. The highest BCUT2D eigenvalue weighted by molar-refractivity contribution is 7.89. The van der Waals surface area contributed by atoms with E-state index < -0.39 is 10.0 Å². The quantitative estimate of drug-likeness (QED) is 0.878. The molecule has 0 atom stereocenters. The highest BCUT2D eigenvalue weighted by atomic mass is 32.2. The van der Waals surface area contributed by atoms with E-state index in [1.165, 1.54) is 16.6 Å². The van der Waals surface area contributed by atoms with E-state index in [1.807, 2.05) is 13.8 Å². The van der Waals surface area contributed by atoms with Crippen molar-refractivity contribution in [1.29, 1.82) is 0 Å². The summed E-state index contributed by atoms with van der Waals surface area (Å²) in [7, 11) is -3.75. The zero-order chi connectivity index (χ0) is 19.3. The van der Waals surface area contributed by atoms with Gasteiger partial charge in [-0.1, -0.05) is 45.0 Å². The minimum atomic E-state index is -3.75. The number of hydrazine groups is 1. The maximum atomic E-state index is 12.8. The fourth-order valence-electron chi connectivity index (χ4n) is 3.20. The third kappa shape index (κ3) is 3.27. The third-order valence-electron chi connectivity index (χ3n) is 4.76. The summed E-state index contributed by atoms with van der Waals surface area (Å²) in [5, 5.41) is 1.18. The molecule has 138 valence electrons. The summed E-state index contributed by atoms with van der Waals surface area (Å²) in [5.41, 5.74) is 4.48. The van der Waals surface area contributed by atoms with Crippen molar-refractivity contribution < 1.29 is 13.2 Å². The molecule has 5 nitrogen and oxygen atoms in total. The van der Waals surface area contributed by atoms with Gasteiger partial charge in [0.1, 0.15) is 0 Å². The summed E-state index contributed by atoms with van der Waals surface area (Å²) < 4.78 is 24.9. The van der Waals surface area contributed by atoms with Gasteiger partial charge in [0, 0.05) is 0 Å². The van der Waals surface area contributed by atoms with Crippen LogP contribution in [0, 0.1) is 13.8 Å². The van der Waals surface area contributed by atoms with E-state index in [9.17, 15) is 13.2 Å². The van der Waals surface area contributed by atoms with Gasteiger partial charge < -0.3 is 0 Å². The van der Waals surface area contributed by atoms with Crippen LogP contribution in [0.3, 0.4) is 0 Å². The highest BCUT2D eigenvalue weighted by Crippen LogP contribution is 2.29. The van der Waals surface area contributed by atoms with E-state index in [-0.39, 0.29) is 28.3 Å². The first-order valence-corrected chi connectivity index (χ1v) is 10.0. The molecule has 0 fully saturated rings. The molecule has 0 aliphatic carbocycles. The summed E-state index contributed by atoms with van der Waals surface area (Å²) in [6.45, 7) is 10.6. The Kier molecular flexibility index (Phi) is 4.45. The second-order valence-corrected chi connectivity index (χ2v) is 9.45. The standard InChI is InChI=1S/C20H24N2O3S/c1-13-10-15(20(3,4)5)11-14(2)17(13)12-22-19(23)16-8-6-7-9-18(16)26(24,25)21-22/h6-11,21H,12H2,1-5H3. The number of carbonyl (C=O) groups excluding carboxylic acids is 1. The summed E-state index contributed by atoms with van der Waals surface area (Å²) in [4.78, 5) is 15.2. The Morgan fingerprint density at radius 3 is 2.19 bits per heavy atom. The lowest BCUT2D eigenvalue weighted by Crippen LogP contribution is -2.50. The van der Waals surface area contributed by atoms with Crippen molar-refractivity contribution in [2.24, 2.45) is 0 Å². The van der Waals surface area contributed by atoms with Crippen molar-refractivity contribution in [2.75, 3.05) is 0 Å². The Balaban J connectivity index is 1.99. The molecule has 3 rings (SSSR count). The van der Waals surface area contributed by atoms with Crippen LogP contribution in [0.2, 0.25) is 0 Å². The van der Waals surface area contributed by atoms with Crippen LogP contribution in [0.25, 0.3) is 0 Å². The molecule has 0 radical (unpaired) electrons. The molecule has 0 unspecified atom stereocenters. The molecule has 1 N–H and O–H groups in total. The fraction of sp³-hybridized carbons (Fsp3) is 0.350. The summed E-state index contributed by atoms with van der Waals surface area (Å²) in [5.74, 6) is -0.339. The second-order valence-electron chi connectivity index (χ2n) is 7.82. The lowest BCUT2D eigenvalue weighted by Gasteiger charge is -2.30. The smallest absolute Gasteiger partial charge is 0.268 e. The highest BCUT2D eigenvalue weighted by Gasteiger charge is 2.34. The Hall–Kier alpha value is -2.18. The summed E-state index contributed by atoms with van der Waals surface area (Å²) >= 11 is 0. The molecule has 0 saturated heterocycles. The molecule has 0 aromatic heterocycles. The Morgan fingerprint density at radius 2 is 1.62 bits per heavy atom. The van der Waals surface area contributed by atoms with Crippen LogP contribution in [-0.4, -0.2) is 19.3 Å². The molecular weight excluding hydrogens is 348 g/mol. The Labute approximate surface area is 155 Å². The van der Waals surface area contributed by atoms with Gasteiger partial charge >= 0.3 is 0 Å². The van der Waals surface area contributed by atoms with Gasteiger partial charge in [0.05, 0.1) is 17.0 Å². The molecule has 6 heteroatoms. The molecule has 0 spiro atoms. The van der Waals surface area contributed by atoms with E-state index >= 15 is 0 Å². The van der Waals surface area contributed by atoms with Gasteiger partial charge in [-0.3, -0.25) is 9.80 Å². The van der Waals surface area contributed by atoms with E-state index in [1.54, 1.807) is 18.2 Å². The number of nitrogens with zero attached hydrogens (tertiary/aromatic N) is 1. The van der Waals surface area contributed by atoms with Crippen LogP contribution in [0.15, 0.2) is 41.3 Å². The van der Waals surface area contributed by atoms with Crippen molar-refractivity contribution in [3.05, 3.63) is 64.2 Å². The summed E-state index contributed by atoms with van der Waals surface area (Å²) in [6.07, 6.45) is 0. The first-order chi connectivity index (χ1) is 12.0. The van der Waals surface area contributed by atoms with Gasteiger partial charge in [-0.2, -0.15) is 0 Å². The lowest BCUT2D eigenvalue weighted by atomic mass is 9.84. The first kappa shape index (κ1) is 18.6. The van der Waals surface area contributed by atoms with Gasteiger partial charge in [-0.25, -0.2) is 8.42 Å². The number of carbonyl (C=O) groups is 1. The fourth-order valence-corrected chi connectivity index (χ4v) is 4.44. The van der Waals surface area contributed by atoms with Crippen LogP contribution in [0.1, 0.15) is 53.4 Å². The number of benzene rings is 2. The number of aryl methyl sites for hydroxylation is 2. The number of hydrogen-bond donors (Lipinski definition) is 1. The predicted molar refractivity (Wildman–Crippen MR) is 101 cm³/mol. The van der Waals surface area contributed by atoms with Crippen molar-refractivity contribution in [2.45, 2.75) is 51.5 Å². The lowest BCUT2D eigenvalue weighted by molar-refractivity contribution is 0.0687. The van der Waals surface area contributed by atoms with Gasteiger partial charge in [0.25, 0.3) is 15.9 Å². The molecule has 0 saturated carbocycles. The first-order valence-electron chi connectivity index (χ1n) is 8.54. The van der Waals surface area contributed by atoms with E-state index in [0.29, 0.717) is 0 Å². The molecule has 1 heterocycles. The van der Waals surface area contributed by atoms with Crippen LogP contribution in [0.5, 0.6) is 0 Å². The van der Waals surface area contributed by atoms with Gasteiger partial charge in [-0.15, -0.1) is 4.83 Å². The van der Waals surface area contributed by atoms with E-state index in [4.69, 9.17) is 0 Å². The maximum absolute atomic E-state index is 12.8. The molecule has 2 aromatic rings. The number of fused-ring (bicyclic) bond motifs is 1. The van der Waals surface area contributed by atoms with Crippen molar-refractivity contribution in [3.63, 3.8) is 0 Å². The maximum Gasteiger partial charge on any atom is 0.270 e. The second kappa shape index (κ2) is 6.21. The molecule has 0 bridgehead atoms. The zero-order valence-electron chi connectivity index (χ0n) is 15.8. The van der Waals surface area contributed by atoms with Crippen LogP contribution in [-0.2, 0) is 22.0 Å². The van der Waals surface area contributed by atoms with Gasteiger partial charge in [-0.05, 0) is 53.6 Å². The predicted octanol–water partition coefficient (Wildman–Crippen LogP) is 3.45. The molecular formula is C20H24N2O3S. The van der Waals surface area contributed by atoms with Gasteiger partial charge in [0.15, 0.2) is 0 Å². The van der Waals surface area contributed by atoms with Crippen LogP contribution < -0.4 is 4.83 Å². The molecule has 1 amide bonds. The third-order valence-corrected chi connectivity index (χ3v) is 6.16. The monoisotopic (exact) mass is 372 g/mol. The normalized spacial score (nSPS) is 16.5. The average Bonchev–Trinajstić information content (AvgIpc) is 2.54. The zero-order valence-corrected chi connectivity index (χ0v) is 16.6. The van der Waals surface area contributed by atoms with Crippen molar-refractivity contribution in [3.8, 4) is 0 Å². The molecule has 1 aliphatic rings. The van der Waals surface area contributed by atoms with Crippen LogP contribution in [0.4, 0.5) is 0 Å². The van der Waals surface area contributed by atoms with Crippen LogP contribution >= 0.6 is 0 Å². The topological polar surface area (TPSA) is 66.5 Å². The SMILES string of the molecule is Cc1cc(C(C)(C)C)cc(C)c1CN1NS(=O)(=O)c2ccccc2C1=O. The van der Waals surface area contributed by atoms with Crippen molar-refractivity contribution >= 4 is 15.9 Å². The number of amides is 1. The minimum absolute atomic E-state index is 0.0233. The Morgan fingerprint density at radius 1 is 1.04 bits per heavy atom. The number of nitrogens with one attached hydrogen (secondary N) is 1.